The molecular formula is C14H11F2N3. The van der Waals surface area contributed by atoms with Crippen LogP contribution in [0.15, 0.2) is 36.4 Å². The number of benzene rings is 2. The minimum absolute atomic E-state index is 0.130. The van der Waals surface area contributed by atoms with E-state index < -0.39 is 11.6 Å². The molecule has 0 aliphatic rings. The van der Waals surface area contributed by atoms with Gasteiger partial charge in [0, 0.05) is 6.07 Å². The number of hydrogen-bond acceptors (Lipinski definition) is 2. The molecule has 3 rings (SSSR count). The molecule has 3 nitrogen and oxygen atoms in total. The number of nitrogens with two attached hydrogens (primary N) is 1. The van der Waals surface area contributed by atoms with Crippen molar-refractivity contribution in [2.75, 3.05) is 5.73 Å². The molecule has 0 unspecified atom stereocenters. The third-order valence-electron chi connectivity index (χ3n) is 2.99. The van der Waals surface area contributed by atoms with Gasteiger partial charge in [-0.2, -0.15) is 0 Å². The number of nitrogen functional groups attached to an aromatic ring is 1. The molecule has 1 heterocycles. The highest BCUT2D eigenvalue weighted by atomic mass is 19.1. The number of aryl methyl sites for hydroxylation is 1. The van der Waals surface area contributed by atoms with Crippen LogP contribution in [0.1, 0.15) is 5.56 Å². The standard InChI is InChI=1S/C14H11F2N3/c1-8-2-4-10(16)12(6-8)19-13-7-9(15)3-5-11(13)18-14(19)17/h2-7H,1H3,(H2,17,18). The predicted molar refractivity (Wildman–Crippen MR) is 70.1 cm³/mol. The van der Waals surface area contributed by atoms with Crippen molar-refractivity contribution in [3.8, 4) is 5.69 Å². The molecule has 0 atom stereocenters. The van der Waals surface area contributed by atoms with E-state index >= 15 is 0 Å². The fourth-order valence-electron chi connectivity index (χ4n) is 2.11. The molecule has 0 fully saturated rings. The van der Waals surface area contributed by atoms with Gasteiger partial charge in [0.2, 0.25) is 5.95 Å². The number of anilines is 1. The Morgan fingerprint density at radius 2 is 1.89 bits per heavy atom. The molecule has 0 amide bonds. The molecule has 19 heavy (non-hydrogen) atoms. The molecule has 0 aliphatic carbocycles. The highest BCUT2D eigenvalue weighted by Gasteiger charge is 2.14. The summed E-state index contributed by atoms with van der Waals surface area (Å²) in [6, 6.07) is 8.78. The monoisotopic (exact) mass is 259 g/mol. The van der Waals surface area contributed by atoms with Gasteiger partial charge < -0.3 is 5.73 Å². The lowest BCUT2D eigenvalue weighted by Crippen LogP contribution is -2.03. The maximum atomic E-state index is 13.9. The van der Waals surface area contributed by atoms with E-state index in [1.807, 2.05) is 6.92 Å². The molecule has 2 aromatic carbocycles. The van der Waals surface area contributed by atoms with E-state index in [4.69, 9.17) is 5.73 Å². The van der Waals surface area contributed by atoms with Crippen LogP contribution in [0.25, 0.3) is 16.7 Å². The molecule has 5 heteroatoms. The van der Waals surface area contributed by atoms with Crippen LogP contribution in [-0.2, 0) is 0 Å². The first-order valence-electron chi connectivity index (χ1n) is 5.76. The molecule has 0 radical (unpaired) electrons. The summed E-state index contributed by atoms with van der Waals surface area (Å²) >= 11 is 0. The Morgan fingerprint density at radius 1 is 1.11 bits per heavy atom. The smallest absolute Gasteiger partial charge is 0.206 e. The van der Waals surface area contributed by atoms with Gasteiger partial charge in [-0.3, -0.25) is 4.57 Å². The summed E-state index contributed by atoms with van der Waals surface area (Å²) in [6.07, 6.45) is 0. The van der Waals surface area contributed by atoms with Crippen LogP contribution in [0.3, 0.4) is 0 Å². The Bertz CT molecular complexity index is 778. The second kappa shape index (κ2) is 4.05. The van der Waals surface area contributed by atoms with Crippen molar-refractivity contribution in [1.29, 1.82) is 0 Å². The van der Waals surface area contributed by atoms with Crippen LogP contribution in [0.2, 0.25) is 0 Å². The molecular weight excluding hydrogens is 248 g/mol. The molecule has 2 N–H and O–H groups in total. The van der Waals surface area contributed by atoms with E-state index in [-0.39, 0.29) is 11.6 Å². The first-order valence-corrected chi connectivity index (χ1v) is 5.76. The zero-order valence-electron chi connectivity index (χ0n) is 10.2. The van der Waals surface area contributed by atoms with Crippen molar-refractivity contribution < 1.29 is 8.78 Å². The number of halogens is 2. The Morgan fingerprint density at radius 3 is 2.68 bits per heavy atom. The van der Waals surface area contributed by atoms with Crippen LogP contribution < -0.4 is 5.73 Å². The normalized spacial score (nSPS) is 11.1. The van der Waals surface area contributed by atoms with Crippen LogP contribution in [0.4, 0.5) is 14.7 Å². The van der Waals surface area contributed by atoms with Crippen molar-refractivity contribution >= 4 is 17.0 Å². The summed E-state index contributed by atoms with van der Waals surface area (Å²) in [5, 5.41) is 0. The van der Waals surface area contributed by atoms with Crippen molar-refractivity contribution in [1.82, 2.24) is 9.55 Å². The SMILES string of the molecule is Cc1ccc(F)c(-n2c(N)nc3ccc(F)cc32)c1. The summed E-state index contributed by atoms with van der Waals surface area (Å²) in [6.45, 7) is 1.85. The molecule has 0 spiro atoms. The molecule has 1 aromatic heterocycles. The van der Waals surface area contributed by atoms with E-state index in [1.54, 1.807) is 12.1 Å². The van der Waals surface area contributed by atoms with Crippen LogP contribution in [0, 0.1) is 18.6 Å². The third-order valence-corrected chi connectivity index (χ3v) is 2.99. The summed E-state index contributed by atoms with van der Waals surface area (Å²) in [7, 11) is 0. The quantitative estimate of drug-likeness (QED) is 0.729. The first-order chi connectivity index (χ1) is 9.06. The number of fused-ring (bicyclic) bond motifs is 1. The van der Waals surface area contributed by atoms with Crippen molar-refractivity contribution in [2.24, 2.45) is 0 Å². The molecule has 0 saturated heterocycles. The second-order valence-corrected chi connectivity index (χ2v) is 4.39. The van der Waals surface area contributed by atoms with Gasteiger partial charge in [0.25, 0.3) is 0 Å². The second-order valence-electron chi connectivity index (χ2n) is 4.39. The summed E-state index contributed by atoms with van der Waals surface area (Å²) in [5.74, 6) is -0.715. The highest BCUT2D eigenvalue weighted by molar-refractivity contribution is 5.81. The minimum Gasteiger partial charge on any atom is -0.369 e. The van der Waals surface area contributed by atoms with Crippen molar-refractivity contribution in [3.05, 3.63) is 53.6 Å². The number of nitrogens with zero attached hydrogens (tertiary/aromatic N) is 2. The lowest BCUT2D eigenvalue weighted by Gasteiger charge is -2.08. The Kier molecular flexibility index (Phi) is 2.48. The topological polar surface area (TPSA) is 43.8 Å². The van der Waals surface area contributed by atoms with E-state index in [2.05, 4.69) is 4.98 Å². The fourth-order valence-corrected chi connectivity index (χ4v) is 2.11. The van der Waals surface area contributed by atoms with Crippen molar-refractivity contribution in [2.45, 2.75) is 6.92 Å². The summed E-state index contributed by atoms with van der Waals surface area (Å²) in [4.78, 5) is 4.11. The van der Waals surface area contributed by atoms with Gasteiger partial charge in [-0.25, -0.2) is 13.8 Å². The van der Waals surface area contributed by atoms with Gasteiger partial charge in [-0.05, 0) is 36.8 Å². The van der Waals surface area contributed by atoms with Gasteiger partial charge in [0.1, 0.15) is 11.6 Å². The first kappa shape index (κ1) is 11.6. The van der Waals surface area contributed by atoms with E-state index in [9.17, 15) is 8.78 Å². The Balaban J connectivity index is 2.38. The number of hydrogen-bond donors (Lipinski definition) is 1. The Labute approximate surface area is 108 Å². The largest absolute Gasteiger partial charge is 0.369 e. The average Bonchev–Trinajstić information content (AvgIpc) is 2.68. The predicted octanol–water partition coefficient (Wildman–Crippen LogP) is 3.19. The Hall–Kier alpha value is -2.43. The van der Waals surface area contributed by atoms with E-state index in [0.29, 0.717) is 11.0 Å². The van der Waals surface area contributed by atoms with Gasteiger partial charge >= 0.3 is 0 Å². The maximum absolute atomic E-state index is 13.9. The summed E-state index contributed by atoms with van der Waals surface area (Å²) < 4.78 is 28.7. The molecule has 0 aliphatic heterocycles. The van der Waals surface area contributed by atoms with Crippen LogP contribution in [0.5, 0.6) is 0 Å². The fraction of sp³-hybridized carbons (Fsp3) is 0.0714. The highest BCUT2D eigenvalue weighted by Crippen LogP contribution is 2.26. The molecule has 0 saturated carbocycles. The van der Waals surface area contributed by atoms with Gasteiger partial charge in [-0.15, -0.1) is 0 Å². The third kappa shape index (κ3) is 1.83. The van der Waals surface area contributed by atoms with Crippen LogP contribution >= 0.6 is 0 Å². The molecule has 0 bridgehead atoms. The summed E-state index contributed by atoms with van der Waals surface area (Å²) in [5.41, 5.74) is 7.94. The number of rotatable bonds is 1. The van der Waals surface area contributed by atoms with Gasteiger partial charge in [0.15, 0.2) is 0 Å². The lowest BCUT2D eigenvalue weighted by atomic mass is 10.2. The molecule has 96 valence electrons. The number of imidazole rings is 1. The van der Waals surface area contributed by atoms with Crippen molar-refractivity contribution in [3.63, 3.8) is 0 Å². The zero-order chi connectivity index (χ0) is 13.6. The lowest BCUT2D eigenvalue weighted by molar-refractivity contribution is 0.618. The average molecular weight is 259 g/mol. The molecule has 3 aromatic rings. The van der Waals surface area contributed by atoms with E-state index in [0.717, 1.165) is 5.56 Å². The maximum Gasteiger partial charge on any atom is 0.206 e. The van der Waals surface area contributed by atoms with E-state index in [1.165, 1.54) is 28.8 Å². The minimum atomic E-state index is -0.430. The number of aromatic nitrogens is 2. The van der Waals surface area contributed by atoms with Gasteiger partial charge in [0.05, 0.1) is 16.7 Å². The zero-order valence-corrected chi connectivity index (χ0v) is 10.2. The van der Waals surface area contributed by atoms with Crippen LogP contribution in [-0.4, -0.2) is 9.55 Å². The van der Waals surface area contributed by atoms with Gasteiger partial charge in [-0.1, -0.05) is 6.07 Å².